The van der Waals surface area contributed by atoms with Gasteiger partial charge in [0.05, 0.1) is 11.2 Å². The average Bonchev–Trinajstić information content (AvgIpc) is 3.15. The van der Waals surface area contributed by atoms with Gasteiger partial charge in [0.2, 0.25) is 0 Å². The summed E-state index contributed by atoms with van der Waals surface area (Å²) in [4.78, 5) is 12.5. The Hall–Kier alpha value is -3.99. The number of imidazole rings is 1. The Morgan fingerprint density at radius 3 is 2.68 bits per heavy atom. The molecule has 0 amide bonds. The number of aromatic nitrogens is 5. The van der Waals surface area contributed by atoms with E-state index in [9.17, 15) is 5.26 Å². The standard InChI is InChI=1S/C20H18N8/c1-20(2,26-19-14(11-21)18(22)24-12-25-19)15-10-16-23-8-9-28(16)27-17(15)13-6-4-3-5-7-13/h3-10,12H,1-2H3,(H3,22,24,25,26). The van der Waals surface area contributed by atoms with Crippen LogP contribution in [-0.2, 0) is 5.54 Å². The van der Waals surface area contributed by atoms with Crippen molar-refractivity contribution >= 4 is 17.3 Å². The minimum atomic E-state index is -0.627. The molecule has 4 aromatic rings. The number of rotatable bonds is 4. The fraction of sp³-hybridized carbons (Fsp3) is 0.150. The Morgan fingerprint density at radius 1 is 1.14 bits per heavy atom. The van der Waals surface area contributed by atoms with Crippen molar-refractivity contribution in [2.75, 3.05) is 11.1 Å². The lowest BCUT2D eigenvalue weighted by Gasteiger charge is -2.29. The van der Waals surface area contributed by atoms with Crippen LogP contribution in [0.4, 0.5) is 11.6 Å². The third kappa shape index (κ3) is 2.99. The predicted molar refractivity (Wildman–Crippen MR) is 106 cm³/mol. The largest absolute Gasteiger partial charge is 0.382 e. The molecule has 138 valence electrons. The molecule has 0 aliphatic carbocycles. The zero-order valence-corrected chi connectivity index (χ0v) is 15.5. The van der Waals surface area contributed by atoms with Crippen LogP contribution in [-0.4, -0.2) is 24.6 Å². The first kappa shape index (κ1) is 17.4. The van der Waals surface area contributed by atoms with Crippen molar-refractivity contribution in [1.29, 1.82) is 5.26 Å². The summed E-state index contributed by atoms with van der Waals surface area (Å²) in [7, 11) is 0. The van der Waals surface area contributed by atoms with Crippen LogP contribution in [0.5, 0.6) is 0 Å². The van der Waals surface area contributed by atoms with Crippen LogP contribution in [0.2, 0.25) is 0 Å². The Morgan fingerprint density at radius 2 is 1.93 bits per heavy atom. The van der Waals surface area contributed by atoms with Crippen molar-refractivity contribution in [1.82, 2.24) is 24.6 Å². The third-order valence-corrected chi connectivity index (χ3v) is 4.53. The number of hydrogen-bond donors (Lipinski definition) is 2. The average molecular weight is 370 g/mol. The quantitative estimate of drug-likeness (QED) is 0.567. The fourth-order valence-electron chi connectivity index (χ4n) is 3.11. The lowest BCUT2D eigenvalue weighted by molar-refractivity contribution is 0.602. The molecule has 0 spiro atoms. The van der Waals surface area contributed by atoms with Crippen molar-refractivity contribution < 1.29 is 0 Å². The summed E-state index contributed by atoms with van der Waals surface area (Å²) in [5.74, 6) is 0.517. The Kier molecular flexibility index (Phi) is 4.12. The summed E-state index contributed by atoms with van der Waals surface area (Å²) in [6.45, 7) is 3.99. The third-order valence-electron chi connectivity index (χ3n) is 4.53. The lowest BCUT2D eigenvalue weighted by atomic mass is 9.90. The van der Waals surface area contributed by atoms with Crippen LogP contribution < -0.4 is 11.1 Å². The summed E-state index contributed by atoms with van der Waals surface area (Å²) >= 11 is 0. The molecule has 0 aliphatic heterocycles. The van der Waals surface area contributed by atoms with E-state index in [0.717, 1.165) is 22.5 Å². The van der Waals surface area contributed by atoms with Crippen LogP contribution in [0.1, 0.15) is 25.0 Å². The van der Waals surface area contributed by atoms with Gasteiger partial charge in [-0.2, -0.15) is 10.4 Å². The van der Waals surface area contributed by atoms with E-state index < -0.39 is 5.54 Å². The highest BCUT2D eigenvalue weighted by Gasteiger charge is 2.28. The number of nitrogens with zero attached hydrogens (tertiary/aromatic N) is 6. The molecule has 3 heterocycles. The topological polar surface area (TPSA) is 118 Å². The molecule has 0 unspecified atom stereocenters. The molecule has 0 saturated heterocycles. The maximum absolute atomic E-state index is 9.44. The van der Waals surface area contributed by atoms with E-state index in [1.807, 2.05) is 56.4 Å². The smallest absolute Gasteiger partial charge is 0.153 e. The molecule has 3 N–H and O–H groups in total. The maximum Gasteiger partial charge on any atom is 0.153 e. The van der Waals surface area contributed by atoms with E-state index >= 15 is 0 Å². The summed E-state index contributed by atoms with van der Waals surface area (Å²) in [5.41, 5.74) is 8.85. The van der Waals surface area contributed by atoms with Gasteiger partial charge in [-0.05, 0) is 19.9 Å². The molecule has 8 nitrogen and oxygen atoms in total. The molecule has 0 fully saturated rings. The van der Waals surface area contributed by atoms with Gasteiger partial charge in [0.25, 0.3) is 0 Å². The van der Waals surface area contributed by atoms with Crippen LogP contribution >= 0.6 is 0 Å². The Balaban J connectivity index is 1.88. The molecule has 0 aliphatic rings. The Labute approximate surface area is 161 Å². The first-order valence-electron chi connectivity index (χ1n) is 8.68. The number of nitrogens with one attached hydrogen (secondary N) is 1. The van der Waals surface area contributed by atoms with Gasteiger partial charge < -0.3 is 11.1 Å². The van der Waals surface area contributed by atoms with Gasteiger partial charge in [0.1, 0.15) is 29.6 Å². The van der Waals surface area contributed by atoms with Crippen molar-refractivity contribution in [2.24, 2.45) is 0 Å². The van der Waals surface area contributed by atoms with E-state index in [2.05, 4.69) is 26.3 Å². The SMILES string of the molecule is CC(C)(Nc1ncnc(N)c1C#N)c1cc2nccn2nc1-c1ccccc1. The second-order valence-electron chi connectivity index (χ2n) is 6.85. The minimum absolute atomic E-state index is 0.140. The van der Waals surface area contributed by atoms with Crippen molar-refractivity contribution in [3.63, 3.8) is 0 Å². The highest BCUT2D eigenvalue weighted by atomic mass is 15.2. The number of benzene rings is 1. The number of anilines is 2. The summed E-state index contributed by atoms with van der Waals surface area (Å²) in [6.07, 6.45) is 4.86. The second-order valence-corrected chi connectivity index (χ2v) is 6.85. The monoisotopic (exact) mass is 370 g/mol. The van der Waals surface area contributed by atoms with E-state index in [4.69, 9.17) is 10.8 Å². The highest BCUT2D eigenvalue weighted by Crippen LogP contribution is 2.34. The molecule has 28 heavy (non-hydrogen) atoms. The molecule has 0 atom stereocenters. The van der Waals surface area contributed by atoms with Gasteiger partial charge in [0.15, 0.2) is 5.65 Å². The number of nitrogens with two attached hydrogens (primary N) is 1. The molecule has 0 bridgehead atoms. The first-order valence-corrected chi connectivity index (χ1v) is 8.68. The lowest BCUT2D eigenvalue weighted by Crippen LogP contribution is -2.30. The van der Waals surface area contributed by atoms with Crippen molar-refractivity contribution in [3.05, 3.63) is 66.2 Å². The van der Waals surface area contributed by atoms with E-state index in [0.29, 0.717) is 5.82 Å². The van der Waals surface area contributed by atoms with Gasteiger partial charge in [-0.1, -0.05) is 30.3 Å². The van der Waals surface area contributed by atoms with Crippen LogP contribution in [0.15, 0.2) is 55.1 Å². The van der Waals surface area contributed by atoms with Crippen LogP contribution in [0, 0.1) is 11.3 Å². The molecular formula is C20H18N8. The molecular weight excluding hydrogens is 352 g/mol. The summed E-state index contributed by atoms with van der Waals surface area (Å²) in [5, 5.41) is 17.5. The Bertz CT molecular complexity index is 1190. The zero-order chi connectivity index (χ0) is 19.7. The van der Waals surface area contributed by atoms with Gasteiger partial charge >= 0.3 is 0 Å². The first-order chi connectivity index (χ1) is 13.5. The number of nitrogen functional groups attached to an aromatic ring is 1. The zero-order valence-electron chi connectivity index (χ0n) is 15.5. The van der Waals surface area contributed by atoms with Gasteiger partial charge in [-0.3, -0.25) is 0 Å². The predicted octanol–water partition coefficient (Wildman–Crippen LogP) is 2.99. The normalized spacial score (nSPS) is 11.3. The van der Waals surface area contributed by atoms with E-state index in [1.54, 1.807) is 10.7 Å². The summed E-state index contributed by atoms with van der Waals surface area (Å²) in [6, 6.07) is 14.0. The minimum Gasteiger partial charge on any atom is -0.382 e. The van der Waals surface area contributed by atoms with E-state index in [1.165, 1.54) is 6.33 Å². The van der Waals surface area contributed by atoms with Gasteiger partial charge in [-0.25, -0.2) is 19.5 Å². The molecule has 0 saturated carbocycles. The van der Waals surface area contributed by atoms with Crippen molar-refractivity contribution in [3.8, 4) is 17.3 Å². The maximum atomic E-state index is 9.44. The van der Waals surface area contributed by atoms with E-state index in [-0.39, 0.29) is 11.4 Å². The number of nitriles is 1. The highest BCUT2D eigenvalue weighted by molar-refractivity contribution is 5.69. The van der Waals surface area contributed by atoms with Gasteiger partial charge in [-0.15, -0.1) is 0 Å². The molecule has 0 radical (unpaired) electrons. The summed E-state index contributed by atoms with van der Waals surface area (Å²) < 4.78 is 1.74. The second kappa shape index (κ2) is 6.63. The van der Waals surface area contributed by atoms with Gasteiger partial charge in [0, 0.05) is 23.5 Å². The molecule has 8 heteroatoms. The molecule has 4 rings (SSSR count). The number of hydrogen-bond acceptors (Lipinski definition) is 7. The number of fused-ring (bicyclic) bond motifs is 1. The molecule has 1 aromatic carbocycles. The van der Waals surface area contributed by atoms with Crippen molar-refractivity contribution in [2.45, 2.75) is 19.4 Å². The van der Waals surface area contributed by atoms with Crippen LogP contribution in [0.25, 0.3) is 16.9 Å². The molecule has 3 aromatic heterocycles. The van der Waals surface area contributed by atoms with Crippen LogP contribution in [0.3, 0.4) is 0 Å². The fourth-order valence-corrected chi connectivity index (χ4v) is 3.11.